The molecule has 0 aliphatic heterocycles. The summed E-state index contributed by atoms with van der Waals surface area (Å²) in [5.41, 5.74) is 3.23. The molecule has 0 aromatic heterocycles. The Morgan fingerprint density at radius 1 is 1.00 bits per heavy atom. The van der Waals surface area contributed by atoms with E-state index in [1.54, 1.807) is 37.5 Å². The second kappa shape index (κ2) is 8.85. The van der Waals surface area contributed by atoms with E-state index in [4.69, 9.17) is 9.47 Å². The van der Waals surface area contributed by atoms with Crippen LogP contribution in [-0.4, -0.2) is 32.6 Å². The average Bonchev–Trinajstić information content (AvgIpc) is 2.65. The number of ketones is 1. The molecule has 0 amide bonds. The zero-order valence-electron chi connectivity index (χ0n) is 15.4. The Bertz CT molecular complexity index is 796. The van der Waals surface area contributed by atoms with Crippen molar-refractivity contribution in [2.24, 2.45) is 0 Å². The number of esters is 1. The molecule has 0 unspecified atom stereocenters. The number of carbonyl (C=O) groups excluding carboxylic acids is 2. The van der Waals surface area contributed by atoms with Crippen LogP contribution in [0.1, 0.15) is 27.0 Å². The highest BCUT2D eigenvalue weighted by Crippen LogP contribution is 2.25. The maximum atomic E-state index is 12.3. The van der Waals surface area contributed by atoms with Crippen molar-refractivity contribution in [1.82, 2.24) is 0 Å². The van der Waals surface area contributed by atoms with Gasteiger partial charge in [0.05, 0.1) is 14.2 Å². The molecule has 0 atom stereocenters. The molecule has 2 aromatic rings. The molecule has 2 aromatic carbocycles. The summed E-state index contributed by atoms with van der Waals surface area (Å²) in [7, 11) is 2.90. The van der Waals surface area contributed by atoms with Crippen LogP contribution in [0, 0.1) is 13.8 Å². The molecule has 0 radical (unpaired) electrons. The highest BCUT2D eigenvalue weighted by atomic mass is 16.6. The van der Waals surface area contributed by atoms with Crippen LogP contribution >= 0.6 is 0 Å². The molecule has 0 saturated heterocycles. The van der Waals surface area contributed by atoms with Gasteiger partial charge in [0.1, 0.15) is 11.5 Å². The van der Waals surface area contributed by atoms with Gasteiger partial charge in [0.15, 0.2) is 12.4 Å². The molecule has 136 valence electrons. The molecule has 0 fully saturated rings. The molecule has 26 heavy (non-hydrogen) atoms. The minimum Gasteiger partial charge on any atom is -0.497 e. The molecule has 0 bridgehead atoms. The lowest BCUT2D eigenvalue weighted by atomic mass is 10.0. The number of rotatable bonds is 7. The van der Waals surface area contributed by atoms with Crippen molar-refractivity contribution in [3.05, 3.63) is 64.7 Å². The van der Waals surface area contributed by atoms with Crippen molar-refractivity contribution in [3.8, 4) is 11.5 Å². The van der Waals surface area contributed by atoms with Gasteiger partial charge in [-0.05, 0) is 73.0 Å². The molecule has 0 spiro atoms. The van der Waals surface area contributed by atoms with E-state index in [1.165, 1.54) is 13.2 Å². The Hall–Kier alpha value is -3.08. The first-order valence-corrected chi connectivity index (χ1v) is 8.12. The van der Waals surface area contributed by atoms with Crippen molar-refractivity contribution in [2.75, 3.05) is 20.8 Å². The van der Waals surface area contributed by atoms with Crippen molar-refractivity contribution in [3.63, 3.8) is 0 Å². The zero-order valence-corrected chi connectivity index (χ0v) is 15.4. The lowest BCUT2D eigenvalue weighted by Gasteiger charge is -2.12. The van der Waals surface area contributed by atoms with Crippen molar-refractivity contribution >= 4 is 17.8 Å². The predicted octanol–water partition coefficient (Wildman–Crippen LogP) is 3.76. The molecule has 0 aliphatic carbocycles. The maximum absolute atomic E-state index is 12.3. The Morgan fingerprint density at radius 3 is 2.15 bits per heavy atom. The number of benzene rings is 2. The SMILES string of the molecule is COC(=O)COc1c(C)cc(/C=C/C(=O)c2ccc(OC)cc2)cc1C. The van der Waals surface area contributed by atoms with E-state index in [-0.39, 0.29) is 12.4 Å². The van der Waals surface area contributed by atoms with Gasteiger partial charge in [-0.1, -0.05) is 6.08 Å². The second-order valence-electron chi connectivity index (χ2n) is 5.77. The summed E-state index contributed by atoms with van der Waals surface area (Å²) in [5.74, 6) is 0.834. The van der Waals surface area contributed by atoms with E-state index in [2.05, 4.69) is 4.74 Å². The van der Waals surface area contributed by atoms with E-state index >= 15 is 0 Å². The molecule has 5 heteroatoms. The monoisotopic (exact) mass is 354 g/mol. The van der Waals surface area contributed by atoms with Crippen LogP contribution in [-0.2, 0) is 9.53 Å². The van der Waals surface area contributed by atoms with E-state index in [0.717, 1.165) is 16.7 Å². The summed E-state index contributed by atoms with van der Waals surface area (Å²) in [6, 6.07) is 10.8. The standard InChI is InChI=1S/C21H22O5/c1-14-11-16(12-15(2)21(14)26-13-20(23)25-4)5-10-19(22)17-6-8-18(24-3)9-7-17/h5-12H,13H2,1-4H3/b10-5+. The van der Waals surface area contributed by atoms with Crippen LogP contribution < -0.4 is 9.47 Å². The topological polar surface area (TPSA) is 61.8 Å². The molecule has 0 heterocycles. The largest absolute Gasteiger partial charge is 0.497 e. The molecule has 5 nitrogen and oxygen atoms in total. The fourth-order valence-electron chi connectivity index (χ4n) is 2.52. The van der Waals surface area contributed by atoms with E-state index in [1.807, 2.05) is 26.0 Å². The minimum atomic E-state index is -0.433. The third kappa shape index (κ3) is 4.96. The summed E-state index contributed by atoms with van der Waals surface area (Å²) in [6.45, 7) is 3.65. The molecule has 0 aliphatic rings. The minimum absolute atomic E-state index is 0.0889. The predicted molar refractivity (Wildman–Crippen MR) is 99.8 cm³/mol. The fraction of sp³-hybridized carbons (Fsp3) is 0.238. The van der Waals surface area contributed by atoms with Gasteiger partial charge in [0, 0.05) is 5.56 Å². The lowest BCUT2D eigenvalue weighted by Crippen LogP contribution is -2.13. The Labute approximate surface area is 153 Å². The first kappa shape index (κ1) is 19.2. The molecule has 0 saturated carbocycles. The van der Waals surface area contributed by atoms with Crippen LogP contribution in [0.3, 0.4) is 0 Å². The summed E-state index contributed by atoms with van der Waals surface area (Å²) < 4.78 is 15.2. The van der Waals surface area contributed by atoms with Gasteiger partial charge in [-0.25, -0.2) is 4.79 Å². The van der Waals surface area contributed by atoms with E-state index in [0.29, 0.717) is 17.1 Å². The third-order valence-electron chi connectivity index (χ3n) is 3.85. The van der Waals surface area contributed by atoms with Crippen LogP contribution in [0.25, 0.3) is 6.08 Å². The maximum Gasteiger partial charge on any atom is 0.343 e. The van der Waals surface area contributed by atoms with Gasteiger partial charge in [0.25, 0.3) is 0 Å². The van der Waals surface area contributed by atoms with Gasteiger partial charge in [-0.3, -0.25) is 4.79 Å². The highest BCUT2D eigenvalue weighted by Gasteiger charge is 2.09. The summed E-state index contributed by atoms with van der Waals surface area (Å²) in [6.07, 6.45) is 3.29. The summed E-state index contributed by atoms with van der Waals surface area (Å²) in [5, 5.41) is 0. The van der Waals surface area contributed by atoms with Gasteiger partial charge in [0.2, 0.25) is 0 Å². The van der Waals surface area contributed by atoms with Gasteiger partial charge in [-0.15, -0.1) is 0 Å². The summed E-state index contributed by atoms with van der Waals surface area (Å²) in [4.78, 5) is 23.5. The highest BCUT2D eigenvalue weighted by molar-refractivity contribution is 6.06. The summed E-state index contributed by atoms with van der Waals surface area (Å²) >= 11 is 0. The van der Waals surface area contributed by atoms with Gasteiger partial charge < -0.3 is 14.2 Å². The Kier molecular flexibility index (Phi) is 6.55. The molecule has 2 rings (SSSR count). The second-order valence-corrected chi connectivity index (χ2v) is 5.77. The number of carbonyl (C=O) groups is 2. The third-order valence-corrected chi connectivity index (χ3v) is 3.85. The first-order valence-electron chi connectivity index (χ1n) is 8.12. The average molecular weight is 354 g/mol. The number of hydrogen-bond donors (Lipinski definition) is 0. The number of aryl methyl sites for hydroxylation is 2. The fourth-order valence-corrected chi connectivity index (χ4v) is 2.52. The Morgan fingerprint density at radius 2 is 1.62 bits per heavy atom. The quantitative estimate of drug-likeness (QED) is 0.430. The normalized spacial score (nSPS) is 10.6. The van der Waals surface area contributed by atoms with Crippen LogP contribution in [0.5, 0.6) is 11.5 Å². The molecular weight excluding hydrogens is 332 g/mol. The Balaban J connectivity index is 2.12. The molecule has 0 N–H and O–H groups in total. The number of ether oxygens (including phenoxy) is 3. The number of hydrogen-bond acceptors (Lipinski definition) is 5. The van der Waals surface area contributed by atoms with Gasteiger partial charge >= 0.3 is 5.97 Å². The number of methoxy groups -OCH3 is 2. The van der Waals surface area contributed by atoms with Crippen molar-refractivity contribution in [2.45, 2.75) is 13.8 Å². The number of allylic oxidation sites excluding steroid dienone is 1. The van der Waals surface area contributed by atoms with Crippen LogP contribution in [0.2, 0.25) is 0 Å². The first-order chi connectivity index (χ1) is 12.4. The van der Waals surface area contributed by atoms with Gasteiger partial charge in [-0.2, -0.15) is 0 Å². The smallest absolute Gasteiger partial charge is 0.343 e. The zero-order chi connectivity index (χ0) is 19.1. The lowest BCUT2D eigenvalue weighted by molar-refractivity contribution is -0.142. The van der Waals surface area contributed by atoms with Crippen LogP contribution in [0.4, 0.5) is 0 Å². The van der Waals surface area contributed by atoms with Crippen molar-refractivity contribution in [1.29, 1.82) is 0 Å². The van der Waals surface area contributed by atoms with E-state index in [9.17, 15) is 9.59 Å². The van der Waals surface area contributed by atoms with Crippen LogP contribution in [0.15, 0.2) is 42.5 Å². The van der Waals surface area contributed by atoms with Crippen molar-refractivity contribution < 1.29 is 23.8 Å². The molecular formula is C21H22O5. The van der Waals surface area contributed by atoms with E-state index < -0.39 is 5.97 Å².